The van der Waals surface area contributed by atoms with Gasteiger partial charge in [0.2, 0.25) is 0 Å². The van der Waals surface area contributed by atoms with E-state index in [2.05, 4.69) is 30.1 Å². The molecule has 0 N–H and O–H groups in total. The number of aliphatic imine (C=N–C) groups is 1. The summed E-state index contributed by atoms with van der Waals surface area (Å²) in [6.45, 7) is 2.21. The van der Waals surface area contributed by atoms with E-state index in [0.29, 0.717) is 5.92 Å². The van der Waals surface area contributed by atoms with E-state index in [1.807, 2.05) is 6.21 Å². The maximum absolute atomic E-state index is 4.38. The Balaban J connectivity index is 2.07. The average Bonchev–Trinajstić information content (AvgIpc) is 2.93. The molecule has 3 rings (SSSR count). The summed E-state index contributed by atoms with van der Waals surface area (Å²) in [5, 5.41) is 0. The third kappa shape index (κ3) is 1.11. The van der Waals surface area contributed by atoms with E-state index in [0.717, 1.165) is 5.92 Å². The molecule has 2 aliphatic rings. The highest BCUT2D eigenvalue weighted by Gasteiger charge is 2.25. The smallest absolute Gasteiger partial charge is 0.0664 e. The zero-order valence-corrected chi connectivity index (χ0v) is 7.83. The van der Waals surface area contributed by atoms with Crippen LogP contribution in [0.1, 0.15) is 42.7 Å². The van der Waals surface area contributed by atoms with Crippen LogP contribution in [0.15, 0.2) is 23.2 Å². The first-order chi connectivity index (χ1) is 6.34. The number of nitrogens with zero attached hydrogens (tertiary/aromatic N) is 1. The van der Waals surface area contributed by atoms with Gasteiger partial charge in [0.1, 0.15) is 0 Å². The molecule has 1 aromatic rings. The summed E-state index contributed by atoms with van der Waals surface area (Å²) in [5.41, 5.74) is 4.12. The summed E-state index contributed by atoms with van der Waals surface area (Å²) in [5.74, 6) is 1.38. The fourth-order valence-electron chi connectivity index (χ4n) is 2.00. The maximum atomic E-state index is 4.38. The molecule has 13 heavy (non-hydrogen) atoms. The fourth-order valence-corrected chi connectivity index (χ4v) is 2.00. The van der Waals surface area contributed by atoms with Gasteiger partial charge in [-0.2, -0.15) is 0 Å². The van der Waals surface area contributed by atoms with E-state index in [4.69, 9.17) is 0 Å². The van der Waals surface area contributed by atoms with Gasteiger partial charge in [-0.3, -0.25) is 4.99 Å². The standard InChI is InChI=1S/C12H13N/c1-8-7-13-12-5-4-10(6-11(8)12)9-2-3-9/h4-9H,2-3H2,1H3. The van der Waals surface area contributed by atoms with Gasteiger partial charge in [-0.1, -0.05) is 19.1 Å². The van der Waals surface area contributed by atoms with Crippen LogP contribution in [0.4, 0.5) is 5.69 Å². The normalized spacial score (nSPS) is 24.8. The Morgan fingerprint density at radius 1 is 1.31 bits per heavy atom. The Labute approximate surface area is 78.5 Å². The first-order valence-electron chi connectivity index (χ1n) is 5.02. The van der Waals surface area contributed by atoms with Crippen LogP contribution in [0.3, 0.4) is 0 Å². The van der Waals surface area contributed by atoms with Crippen LogP contribution in [-0.4, -0.2) is 6.21 Å². The van der Waals surface area contributed by atoms with E-state index in [1.54, 1.807) is 0 Å². The molecule has 1 aliphatic heterocycles. The molecule has 1 fully saturated rings. The van der Waals surface area contributed by atoms with Crippen molar-refractivity contribution in [3.05, 3.63) is 29.3 Å². The molecule has 1 heteroatoms. The minimum atomic E-state index is 0.522. The number of hydrogen-bond donors (Lipinski definition) is 0. The van der Waals surface area contributed by atoms with Gasteiger partial charge in [0.05, 0.1) is 5.69 Å². The molecule has 1 aliphatic carbocycles. The predicted octanol–water partition coefficient (Wildman–Crippen LogP) is 3.38. The molecule has 0 saturated heterocycles. The van der Waals surface area contributed by atoms with Crippen molar-refractivity contribution in [3.8, 4) is 0 Å². The van der Waals surface area contributed by atoms with Crippen molar-refractivity contribution in [2.24, 2.45) is 4.99 Å². The molecule has 66 valence electrons. The lowest BCUT2D eigenvalue weighted by atomic mass is 9.99. The Morgan fingerprint density at radius 3 is 2.92 bits per heavy atom. The molecule has 1 aromatic carbocycles. The molecule has 0 radical (unpaired) electrons. The third-order valence-electron chi connectivity index (χ3n) is 3.03. The summed E-state index contributed by atoms with van der Waals surface area (Å²) in [6, 6.07) is 6.76. The largest absolute Gasteiger partial charge is 0.260 e. The van der Waals surface area contributed by atoms with Crippen LogP contribution in [0, 0.1) is 0 Å². The second-order valence-corrected chi connectivity index (χ2v) is 4.16. The molecule has 0 bridgehead atoms. The first kappa shape index (κ1) is 7.31. The summed E-state index contributed by atoms with van der Waals surface area (Å²) < 4.78 is 0. The highest BCUT2D eigenvalue weighted by atomic mass is 14.8. The second kappa shape index (κ2) is 2.44. The fraction of sp³-hybridized carbons (Fsp3) is 0.417. The van der Waals surface area contributed by atoms with Gasteiger partial charge in [-0.25, -0.2) is 0 Å². The maximum Gasteiger partial charge on any atom is 0.0664 e. The summed E-state index contributed by atoms with van der Waals surface area (Å²) in [6.07, 6.45) is 4.81. The zero-order valence-electron chi connectivity index (χ0n) is 7.83. The monoisotopic (exact) mass is 171 g/mol. The lowest BCUT2D eigenvalue weighted by Crippen LogP contribution is -1.89. The molecule has 1 unspecified atom stereocenters. The van der Waals surface area contributed by atoms with Gasteiger partial charge in [0.25, 0.3) is 0 Å². The van der Waals surface area contributed by atoms with E-state index >= 15 is 0 Å². The molecular weight excluding hydrogens is 158 g/mol. The highest BCUT2D eigenvalue weighted by molar-refractivity contribution is 5.80. The second-order valence-electron chi connectivity index (χ2n) is 4.16. The van der Waals surface area contributed by atoms with Crippen molar-refractivity contribution in [1.82, 2.24) is 0 Å². The molecular formula is C12H13N. The molecule has 0 amide bonds. The molecule has 1 atom stereocenters. The summed E-state index contributed by atoms with van der Waals surface area (Å²) >= 11 is 0. The third-order valence-corrected chi connectivity index (χ3v) is 3.03. The molecule has 0 aromatic heterocycles. The first-order valence-corrected chi connectivity index (χ1v) is 5.02. The van der Waals surface area contributed by atoms with Crippen LogP contribution in [0.2, 0.25) is 0 Å². The van der Waals surface area contributed by atoms with E-state index < -0.39 is 0 Å². The van der Waals surface area contributed by atoms with Crippen molar-refractivity contribution < 1.29 is 0 Å². The number of hydrogen-bond acceptors (Lipinski definition) is 1. The lowest BCUT2D eigenvalue weighted by molar-refractivity contribution is 1.05. The summed E-state index contributed by atoms with van der Waals surface area (Å²) in [4.78, 5) is 4.38. The van der Waals surface area contributed by atoms with Gasteiger partial charge in [0, 0.05) is 12.1 Å². The van der Waals surface area contributed by atoms with Gasteiger partial charge >= 0.3 is 0 Å². The van der Waals surface area contributed by atoms with Crippen LogP contribution < -0.4 is 0 Å². The Hall–Kier alpha value is -1.11. The average molecular weight is 171 g/mol. The summed E-state index contributed by atoms with van der Waals surface area (Å²) in [7, 11) is 0. The van der Waals surface area contributed by atoms with Crippen molar-refractivity contribution in [2.45, 2.75) is 31.6 Å². The van der Waals surface area contributed by atoms with Crippen LogP contribution in [0.5, 0.6) is 0 Å². The predicted molar refractivity (Wildman–Crippen MR) is 55.0 cm³/mol. The van der Waals surface area contributed by atoms with Gasteiger partial charge in [-0.15, -0.1) is 0 Å². The van der Waals surface area contributed by atoms with Crippen molar-refractivity contribution >= 4 is 11.9 Å². The Morgan fingerprint density at radius 2 is 2.15 bits per heavy atom. The lowest BCUT2D eigenvalue weighted by Gasteiger charge is -2.05. The van der Waals surface area contributed by atoms with Crippen LogP contribution in [0.25, 0.3) is 0 Å². The van der Waals surface area contributed by atoms with E-state index in [-0.39, 0.29) is 0 Å². The number of rotatable bonds is 1. The van der Waals surface area contributed by atoms with Gasteiger partial charge in [-0.05, 0) is 36.0 Å². The van der Waals surface area contributed by atoms with Crippen molar-refractivity contribution in [2.75, 3.05) is 0 Å². The minimum Gasteiger partial charge on any atom is -0.260 e. The van der Waals surface area contributed by atoms with Crippen molar-refractivity contribution in [1.29, 1.82) is 0 Å². The Bertz CT molecular complexity index is 375. The molecule has 1 saturated carbocycles. The quantitative estimate of drug-likeness (QED) is 0.614. The SMILES string of the molecule is CC1C=Nc2ccc(C3CC3)cc21. The van der Waals surface area contributed by atoms with E-state index in [1.165, 1.54) is 29.7 Å². The van der Waals surface area contributed by atoms with Crippen molar-refractivity contribution in [3.63, 3.8) is 0 Å². The minimum absolute atomic E-state index is 0.522. The molecule has 1 heterocycles. The van der Waals surface area contributed by atoms with Gasteiger partial charge in [0.15, 0.2) is 0 Å². The van der Waals surface area contributed by atoms with Gasteiger partial charge < -0.3 is 0 Å². The topological polar surface area (TPSA) is 12.4 Å². The number of benzene rings is 1. The molecule has 1 nitrogen and oxygen atoms in total. The van der Waals surface area contributed by atoms with E-state index in [9.17, 15) is 0 Å². The molecule has 0 spiro atoms. The highest BCUT2D eigenvalue weighted by Crippen LogP contribution is 2.43. The number of fused-ring (bicyclic) bond motifs is 1. The van der Waals surface area contributed by atoms with Crippen LogP contribution in [-0.2, 0) is 0 Å². The zero-order chi connectivity index (χ0) is 8.84. The Kier molecular flexibility index (Phi) is 1.37. The van der Waals surface area contributed by atoms with Crippen LogP contribution >= 0.6 is 0 Å².